The van der Waals surface area contributed by atoms with E-state index in [9.17, 15) is 15.0 Å². The van der Waals surface area contributed by atoms with Gasteiger partial charge in [-0.3, -0.25) is 4.79 Å². The van der Waals surface area contributed by atoms with Crippen LogP contribution >= 0.6 is 0 Å². The van der Waals surface area contributed by atoms with Crippen LogP contribution in [0.2, 0.25) is 0 Å². The molecule has 2 unspecified atom stereocenters. The van der Waals surface area contributed by atoms with Gasteiger partial charge in [0.05, 0.1) is 18.8 Å². The maximum Gasteiger partial charge on any atom is 0.220 e. The Hall–Kier alpha value is -1.65. The van der Waals surface area contributed by atoms with Gasteiger partial charge in [0.15, 0.2) is 0 Å². The van der Waals surface area contributed by atoms with Crippen LogP contribution in [0.5, 0.6) is 0 Å². The molecule has 2 atom stereocenters. The van der Waals surface area contributed by atoms with Crippen LogP contribution in [-0.4, -0.2) is 34.9 Å². The van der Waals surface area contributed by atoms with Crippen LogP contribution in [0.25, 0.3) is 0 Å². The van der Waals surface area contributed by atoms with Crippen molar-refractivity contribution < 1.29 is 15.0 Å². The van der Waals surface area contributed by atoms with Crippen molar-refractivity contribution in [2.45, 2.75) is 341 Å². The van der Waals surface area contributed by atoms with E-state index in [1.807, 2.05) is 0 Å². The van der Waals surface area contributed by atoms with Gasteiger partial charge in [-0.25, -0.2) is 0 Å². The first-order valence-electron chi connectivity index (χ1n) is 30.3. The van der Waals surface area contributed by atoms with Gasteiger partial charge in [0.25, 0.3) is 0 Å². The number of allylic oxidation sites excluding steroid dienone is 8. The number of aliphatic hydroxyl groups is 2. The Bertz CT molecular complexity index is 1060. The fourth-order valence-electron chi connectivity index (χ4n) is 9.53. The zero-order valence-corrected chi connectivity index (χ0v) is 45.4. The first-order valence-corrected chi connectivity index (χ1v) is 30.3. The minimum absolute atomic E-state index is 0.0250. The van der Waals surface area contributed by atoms with E-state index < -0.39 is 12.1 Å². The minimum Gasteiger partial charge on any atom is -0.394 e. The molecule has 0 saturated heterocycles. The Morgan fingerprint density at radius 1 is 0.373 bits per heavy atom. The molecule has 0 radical (unpaired) electrons. The summed E-state index contributed by atoms with van der Waals surface area (Å²) in [4.78, 5) is 12.5. The SMILES string of the molecule is CC/C=C\C/C=C\C/C=C\C/C=C\CCCCCCCCCCCCCCCCCCCCCCCCCCCCC(=O)NC(CO)C(O)CCCCCCCCCCCCCCCCCC. The number of amides is 1. The van der Waals surface area contributed by atoms with Crippen LogP contribution in [-0.2, 0) is 4.79 Å². The number of nitrogens with one attached hydrogen (secondary N) is 1. The lowest BCUT2D eigenvalue weighted by atomic mass is 10.0. The monoisotopic (exact) mass is 938 g/mol. The Balaban J connectivity index is 3.37. The van der Waals surface area contributed by atoms with Crippen molar-refractivity contribution in [3.05, 3.63) is 48.6 Å². The molecule has 1 amide bonds. The fraction of sp³-hybridized carbons (Fsp3) is 0.857. The zero-order valence-electron chi connectivity index (χ0n) is 45.4. The van der Waals surface area contributed by atoms with Crippen molar-refractivity contribution >= 4 is 5.91 Å². The average Bonchev–Trinajstić information content (AvgIpc) is 3.33. The maximum absolute atomic E-state index is 12.5. The van der Waals surface area contributed by atoms with E-state index in [1.54, 1.807) is 0 Å². The second kappa shape index (κ2) is 58.7. The first kappa shape index (κ1) is 65.3. The number of unbranched alkanes of at least 4 members (excludes halogenated alkanes) is 41. The van der Waals surface area contributed by atoms with Gasteiger partial charge in [0.1, 0.15) is 0 Å². The summed E-state index contributed by atoms with van der Waals surface area (Å²) in [6.07, 6.45) is 81.3. The quantitative estimate of drug-likeness (QED) is 0.0420. The smallest absolute Gasteiger partial charge is 0.220 e. The molecule has 0 rings (SSSR count). The van der Waals surface area contributed by atoms with Gasteiger partial charge >= 0.3 is 0 Å². The molecular formula is C63H119NO3. The predicted octanol–water partition coefficient (Wildman–Crippen LogP) is 20.2. The molecule has 0 aromatic carbocycles. The van der Waals surface area contributed by atoms with E-state index in [-0.39, 0.29) is 12.5 Å². The van der Waals surface area contributed by atoms with E-state index in [4.69, 9.17) is 0 Å². The summed E-state index contributed by atoms with van der Waals surface area (Å²) < 4.78 is 0. The zero-order chi connectivity index (χ0) is 48.5. The predicted molar refractivity (Wildman–Crippen MR) is 299 cm³/mol. The van der Waals surface area contributed by atoms with Gasteiger partial charge in [0.2, 0.25) is 5.91 Å². The molecule has 4 nitrogen and oxygen atoms in total. The number of carbonyl (C=O) groups excluding carboxylic acids is 1. The fourth-order valence-corrected chi connectivity index (χ4v) is 9.53. The van der Waals surface area contributed by atoms with Crippen molar-refractivity contribution in [2.75, 3.05) is 6.61 Å². The van der Waals surface area contributed by atoms with Crippen molar-refractivity contribution in [3.8, 4) is 0 Å². The van der Waals surface area contributed by atoms with E-state index in [0.29, 0.717) is 12.8 Å². The summed E-state index contributed by atoms with van der Waals surface area (Å²) in [5.74, 6) is -0.0250. The molecule has 0 fully saturated rings. The van der Waals surface area contributed by atoms with Crippen LogP contribution in [0, 0.1) is 0 Å². The molecule has 0 aliphatic rings. The molecule has 0 aliphatic carbocycles. The summed E-state index contributed by atoms with van der Waals surface area (Å²) in [6, 6.07) is -0.534. The molecule has 0 heterocycles. The third-order valence-electron chi connectivity index (χ3n) is 14.1. The lowest BCUT2D eigenvalue weighted by Gasteiger charge is -2.22. The van der Waals surface area contributed by atoms with Crippen molar-refractivity contribution in [2.24, 2.45) is 0 Å². The molecule has 67 heavy (non-hydrogen) atoms. The highest BCUT2D eigenvalue weighted by atomic mass is 16.3. The van der Waals surface area contributed by atoms with Gasteiger partial charge in [-0.2, -0.15) is 0 Å². The van der Waals surface area contributed by atoms with Crippen molar-refractivity contribution in [1.29, 1.82) is 0 Å². The lowest BCUT2D eigenvalue weighted by Crippen LogP contribution is -2.45. The van der Waals surface area contributed by atoms with Gasteiger partial charge in [-0.05, 0) is 51.4 Å². The second-order valence-electron chi connectivity index (χ2n) is 20.7. The van der Waals surface area contributed by atoms with E-state index in [2.05, 4.69) is 67.8 Å². The molecule has 0 spiro atoms. The summed E-state index contributed by atoms with van der Waals surface area (Å²) in [6.45, 7) is 4.27. The van der Waals surface area contributed by atoms with E-state index in [0.717, 1.165) is 51.4 Å². The molecule has 0 aromatic rings. The summed E-state index contributed by atoms with van der Waals surface area (Å²) in [7, 11) is 0. The number of rotatable bonds is 56. The Kier molecular flexibility index (Phi) is 57.2. The number of carbonyl (C=O) groups is 1. The molecule has 0 bridgehead atoms. The van der Waals surface area contributed by atoms with E-state index >= 15 is 0 Å². The number of hydrogen-bond acceptors (Lipinski definition) is 3. The average molecular weight is 939 g/mol. The third kappa shape index (κ3) is 55.2. The van der Waals surface area contributed by atoms with Crippen LogP contribution < -0.4 is 5.32 Å². The standard InChI is InChI=1S/C63H119NO3/c1-3-5-7-9-11-13-15-17-19-21-22-23-24-25-26-27-28-29-30-31-32-33-34-35-36-37-38-39-40-41-42-43-45-47-49-51-53-55-57-59-63(67)64-61(60-65)62(66)58-56-54-52-50-48-46-44-20-18-16-14-12-10-8-6-4-2/h5,7,11,13,17,19,22-23,61-62,65-66H,3-4,6,8-10,12,14-16,18,20-21,24-60H2,1-2H3,(H,64,67)/b7-5-,13-11-,19-17-,23-22-. The van der Waals surface area contributed by atoms with Crippen LogP contribution in [0.15, 0.2) is 48.6 Å². The normalized spacial score (nSPS) is 13.1. The van der Waals surface area contributed by atoms with E-state index in [1.165, 1.54) is 250 Å². The Morgan fingerprint density at radius 3 is 0.985 bits per heavy atom. The van der Waals surface area contributed by atoms with Gasteiger partial charge in [-0.1, -0.05) is 319 Å². The van der Waals surface area contributed by atoms with Crippen molar-refractivity contribution in [1.82, 2.24) is 5.32 Å². The van der Waals surface area contributed by atoms with Crippen LogP contribution in [0.1, 0.15) is 328 Å². The van der Waals surface area contributed by atoms with Crippen LogP contribution in [0.3, 0.4) is 0 Å². The third-order valence-corrected chi connectivity index (χ3v) is 14.1. The molecule has 0 aromatic heterocycles. The highest BCUT2D eigenvalue weighted by Gasteiger charge is 2.20. The highest BCUT2D eigenvalue weighted by Crippen LogP contribution is 2.18. The Labute approximate surface area is 420 Å². The molecule has 0 saturated carbocycles. The topological polar surface area (TPSA) is 69.6 Å². The number of hydrogen-bond donors (Lipinski definition) is 3. The largest absolute Gasteiger partial charge is 0.394 e. The van der Waals surface area contributed by atoms with Crippen LogP contribution in [0.4, 0.5) is 0 Å². The second-order valence-corrected chi connectivity index (χ2v) is 20.7. The molecule has 0 aliphatic heterocycles. The Morgan fingerprint density at radius 2 is 0.657 bits per heavy atom. The maximum atomic E-state index is 12.5. The van der Waals surface area contributed by atoms with Crippen molar-refractivity contribution in [3.63, 3.8) is 0 Å². The molecule has 4 heteroatoms. The van der Waals surface area contributed by atoms with Gasteiger partial charge in [0, 0.05) is 6.42 Å². The first-order chi connectivity index (χ1) is 33.2. The summed E-state index contributed by atoms with van der Waals surface area (Å²) in [5.41, 5.74) is 0. The van der Waals surface area contributed by atoms with Gasteiger partial charge < -0.3 is 15.5 Å². The molecule has 3 N–H and O–H groups in total. The summed E-state index contributed by atoms with van der Waals surface area (Å²) >= 11 is 0. The minimum atomic E-state index is -0.657. The summed E-state index contributed by atoms with van der Waals surface area (Å²) in [5, 5.41) is 23.3. The highest BCUT2D eigenvalue weighted by molar-refractivity contribution is 5.76. The molecular weight excluding hydrogens is 819 g/mol. The lowest BCUT2D eigenvalue weighted by molar-refractivity contribution is -0.123. The van der Waals surface area contributed by atoms with Gasteiger partial charge in [-0.15, -0.1) is 0 Å². The molecule has 394 valence electrons. The number of aliphatic hydroxyl groups excluding tert-OH is 2.